The highest BCUT2D eigenvalue weighted by Gasteiger charge is 2.31. The molecule has 94 valence electrons. The Balaban J connectivity index is 2.09. The van der Waals surface area contributed by atoms with Crippen LogP contribution in [-0.2, 0) is 6.18 Å². The van der Waals surface area contributed by atoms with E-state index in [0.717, 1.165) is 24.1 Å². The van der Waals surface area contributed by atoms with Gasteiger partial charge in [-0.15, -0.1) is 0 Å². The monoisotopic (exact) mass is 245 g/mol. The zero-order chi connectivity index (χ0) is 12.5. The van der Waals surface area contributed by atoms with Crippen LogP contribution >= 0.6 is 0 Å². The van der Waals surface area contributed by atoms with E-state index in [1.54, 1.807) is 0 Å². The van der Waals surface area contributed by atoms with Crippen molar-refractivity contribution in [1.82, 2.24) is 5.32 Å². The molecule has 0 spiro atoms. The van der Waals surface area contributed by atoms with Crippen LogP contribution in [0.25, 0.3) is 0 Å². The number of rotatable bonds is 2. The molecule has 2 N–H and O–H groups in total. The maximum Gasteiger partial charge on any atom is 0.416 e. The van der Waals surface area contributed by atoms with E-state index in [1.165, 1.54) is 12.1 Å². The zero-order valence-corrected chi connectivity index (χ0v) is 9.17. The molecule has 0 amide bonds. The SMILES string of the molecule is OCC1CC(c2ccc(C(F)(F)F)cc2)CN1. The molecule has 1 aromatic carbocycles. The van der Waals surface area contributed by atoms with Crippen LogP contribution in [0.3, 0.4) is 0 Å². The van der Waals surface area contributed by atoms with Gasteiger partial charge in [0, 0.05) is 12.6 Å². The van der Waals surface area contributed by atoms with Crippen molar-refractivity contribution in [3.63, 3.8) is 0 Å². The van der Waals surface area contributed by atoms with Crippen LogP contribution in [0.15, 0.2) is 24.3 Å². The normalized spacial score (nSPS) is 25.2. The van der Waals surface area contributed by atoms with Crippen molar-refractivity contribution in [2.24, 2.45) is 0 Å². The third kappa shape index (κ3) is 2.79. The van der Waals surface area contributed by atoms with Crippen molar-refractivity contribution < 1.29 is 18.3 Å². The van der Waals surface area contributed by atoms with Crippen LogP contribution in [0.4, 0.5) is 13.2 Å². The van der Waals surface area contributed by atoms with Gasteiger partial charge in [0.2, 0.25) is 0 Å². The van der Waals surface area contributed by atoms with Crippen molar-refractivity contribution >= 4 is 0 Å². The number of aliphatic hydroxyl groups excluding tert-OH is 1. The molecule has 2 atom stereocenters. The molecule has 17 heavy (non-hydrogen) atoms. The molecule has 0 aliphatic carbocycles. The van der Waals surface area contributed by atoms with Crippen LogP contribution in [0, 0.1) is 0 Å². The second kappa shape index (κ2) is 4.66. The molecule has 1 fully saturated rings. The third-order valence-electron chi connectivity index (χ3n) is 3.15. The molecule has 0 bridgehead atoms. The first-order chi connectivity index (χ1) is 8.00. The second-order valence-corrected chi connectivity index (χ2v) is 4.34. The van der Waals surface area contributed by atoms with Gasteiger partial charge in [0.25, 0.3) is 0 Å². The smallest absolute Gasteiger partial charge is 0.395 e. The lowest BCUT2D eigenvalue weighted by Gasteiger charge is -2.11. The molecule has 2 unspecified atom stereocenters. The third-order valence-corrected chi connectivity index (χ3v) is 3.15. The highest BCUT2D eigenvalue weighted by atomic mass is 19.4. The summed E-state index contributed by atoms with van der Waals surface area (Å²) in [7, 11) is 0. The van der Waals surface area contributed by atoms with Gasteiger partial charge >= 0.3 is 6.18 Å². The molecule has 2 rings (SSSR count). The molecular weight excluding hydrogens is 231 g/mol. The molecule has 1 heterocycles. The molecule has 1 aliphatic rings. The Kier molecular flexibility index (Phi) is 3.40. The lowest BCUT2D eigenvalue weighted by molar-refractivity contribution is -0.137. The van der Waals surface area contributed by atoms with Gasteiger partial charge in [0.05, 0.1) is 12.2 Å². The maximum atomic E-state index is 12.4. The van der Waals surface area contributed by atoms with E-state index in [4.69, 9.17) is 5.11 Å². The molecule has 1 aliphatic heterocycles. The average molecular weight is 245 g/mol. The molecule has 1 aromatic rings. The first-order valence-corrected chi connectivity index (χ1v) is 5.52. The largest absolute Gasteiger partial charge is 0.416 e. The van der Waals surface area contributed by atoms with E-state index in [9.17, 15) is 13.2 Å². The number of hydrogen-bond donors (Lipinski definition) is 2. The number of nitrogens with one attached hydrogen (secondary N) is 1. The van der Waals surface area contributed by atoms with Crippen molar-refractivity contribution in [3.05, 3.63) is 35.4 Å². The molecular formula is C12H14F3NO. The highest BCUT2D eigenvalue weighted by Crippen LogP contribution is 2.31. The Morgan fingerprint density at radius 1 is 1.24 bits per heavy atom. The summed E-state index contributed by atoms with van der Waals surface area (Å²) in [4.78, 5) is 0. The van der Waals surface area contributed by atoms with Crippen LogP contribution in [0.5, 0.6) is 0 Å². The predicted molar refractivity (Wildman–Crippen MR) is 57.7 cm³/mol. The second-order valence-electron chi connectivity index (χ2n) is 4.34. The van der Waals surface area contributed by atoms with Crippen LogP contribution in [0.1, 0.15) is 23.5 Å². The van der Waals surface area contributed by atoms with Gasteiger partial charge < -0.3 is 10.4 Å². The Bertz CT molecular complexity index is 374. The molecule has 2 nitrogen and oxygen atoms in total. The Morgan fingerprint density at radius 3 is 2.35 bits per heavy atom. The Hall–Kier alpha value is -1.07. The van der Waals surface area contributed by atoms with Crippen molar-refractivity contribution in [3.8, 4) is 0 Å². The minimum absolute atomic E-state index is 0.0577. The molecule has 5 heteroatoms. The van der Waals surface area contributed by atoms with E-state index < -0.39 is 11.7 Å². The van der Waals surface area contributed by atoms with Gasteiger partial charge in [-0.2, -0.15) is 13.2 Å². The van der Waals surface area contributed by atoms with E-state index in [-0.39, 0.29) is 18.6 Å². The average Bonchev–Trinajstić information content (AvgIpc) is 2.76. The standard InChI is InChI=1S/C12H14F3NO/c13-12(14,15)10-3-1-8(2-4-10)9-5-11(7-17)16-6-9/h1-4,9,11,16-17H,5-7H2. The first-order valence-electron chi connectivity index (χ1n) is 5.52. The Labute approximate surface area is 97.5 Å². The van der Waals surface area contributed by atoms with Gasteiger partial charge in [-0.05, 0) is 30.0 Å². The van der Waals surface area contributed by atoms with Crippen LogP contribution < -0.4 is 5.32 Å². The van der Waals surface area contributed by atoms with Crippen molar-refractivity contribution in [2.45, 2.75) is 24.6 Å². The van der Waals surface area contributed by atoms with Gasteiger partial charge in [0.1, 0.15) is 0 Å². The summed E-state index contributed by atoms with van der Waals surface area (Å²) in [5, 5.41) is 12.1. The van der Waals surface area contributed by atoms with Gasteiger partial charge in [-0.3, -0.25) is 0 Å². The molecule has 0 aromatic heterocycles. The van der Waals surface area contributed by atoms with Crippen LogP contribution in [-0.4, -0.2) is 24.3 Å². The van der Waals surface area contributed by atoms with E-state index in [2.05, 4.69) is 5.32 Å². The van der Waals surface area contributed by atoms with Gasteiger partial charge in [-0.25, -0.2) is 0 Å². The summed E-state index contributed by atoms with van der Waals surface area (Å²) >= 11 is 0. The van der Waals surface area contributed by atoms with E-state index in [1.807, 2.05) is 0 Å². The van der Waals surface area contributed by atoms with E-state index in [0.29, 0.717) is 6.54 Å². The number of hydrogen-bond acceptors (Lipinski definition) is 2. The maximum absolute atomic E-state index is 12.4. The molecule has 1 saturated heterocycles. The summed E-state index contributed by atoms with van der Waals surface area (Å²) in [6.45, 7) is 0.772. The summed E-state index contributed by atoms with van der Waals surface area (Å²) in [6.07, 6.45) is -3.51. The van der Waals surface area contributed by atoms with Crippen molar-refractivity contribution in [2.75, 3.05) is 13.2 Å². The van der Waals surface area contributed by atoms with Crippen molar-refractivity contribution in [1.29, 1.82) is 0 Å². The van der Waals surface area contributed by atoms with Crippen LogP contribution in [0.2, 0.25) is 0 Å². The molecule has 0 radical (unpaired) electrons. The fourth-order valence-corrected chi connectivity index (χ4v) is 2.16. The predicted octanol–water partition coefficient (Wildman–Crippen LogP) is 2.14. The number of alkyl halides is 3. The topological polar surface area (TPSA) is 32.3 Å². The van der Waals surface area contributed by atoms with Gasteiger partial charge in [0.15, 0.2) is 0 Å². The van der Waals surface area contributed by atoms with E-state index >= 15 is 0 Å². The lowest BCUT2D eigenvalue weighted by Crippen LogP contribution is -2.24. The highest BCUT2D eigenvalue weighted by molar-refractivity contribution is 5.28. The zero-order valence-electron chi connectivity index (χ0n) is 9.17. The summed E-state index contributed by atoms with van der Waals surface area (Å²) in [6, 6.07) is 5.33. The fourth-order valence-electron chi connectivity index (χ4n) is 2.16. The number of halogens is 3. The quantitative estimate of drug-likeness (QED) is 0.836. The summed E-state index contributed by atoms with van der Waals surface area (Å²) in [5.74, 6) is 0.189. The summed E-state index contributed by atoms with van der Waals surface area (Å²) < 4.78 is 37.1. The molecule has 0 saturated carbocycles. The minimum Gasteiger partial charge on any atom is -0.395 e. The lowest BCUT2D eigenvalue weighted by atomic mass is 9.95. The minimum atomic E-state index is -4.28. The first kappa shape index (κ1) is 12.4. The fraction of sp³-hybridized carbons (Fsp3) is 0.500. The van der Waals surface area contributed by atoms with Gasteiger partial charge in [-0.1, -0.05) is 12.1 Å². The summed E-state index contributed by atoms with van der Waals surface area (Å²) in [5.41, 5.74) is 0.271. The Morgan fingerprint density at radius 2 is 1.88 bits per heavy atom. The number of aliphatic hydroxyl groups is 1. The number of benzene rings is 1.